The van der Waals surface area contributed by atoms with Gasteiger partial charge in [-0.15, -0.1) is 0 Å². The zero-order valence-electron chi connectivity index (χ0n) is 10.9. The molecule has 0 spiro atoms. The number of rotatable bonds is 3. The van der Waals surface area contributed by atoms with E-state index in [1.807, 2.05) is 0 Å². The summed E-state index contributed by atoms with van der Waals surface area (Å²) in [5, 5.41) is 7.98. The second kappa shape index (κ2) is 5.22. The second-order valence-corrected chi connectivity index (χ2v) is 6.16. The summed E-state index contributed by atoms with van der Waals surface area (Å²) in [7, 11) is -2.28. The Balaban J connectivity index is 2.11. The first kappa shape index (κ1) is 14.5. The molecule has 1 fully saturated rings. The molecule has 1 aliphatic rings. The van der Waals surface area contributed by atoms with Gasteiger partial charge in [-0.3, -0.25) is 14.5 Å². The van der Waals surface area contributed by atoms with Gasteiger partial charge in [0, 0.05) is 19.2 Å². The van der Waals surface area contributed by atoms with Crippen molar-refractivity contribution in [1.29, 1.82) is 0 Å². The summed E-state index contributed by atoms with van der Waals surface area (Å²) in [6, 6.07) is 5.30. The molecule has 1 aromatic rings. The van der Waals surface area contributed by atoms with Crippen molar-refractivity contribution in [3.8, 4) is 0 Å². The quantitative estimate of drug-likeness (QED) is 0.757. The Morgan fingerprint density at radius 1 is 1.25 bits per heavy atom. The molecule has 1 aliphatic heterocycles. The first-order valence-electron chi connectivity index (χ1n) is 5.99. The Kier molecular flexibility index (Phi) is 3.78. The van der Waals surface area contributed by atoms with Crippen LogP contribution in [0.15, 0.2) is 29.2 Å². The van der Waals surface area contributed by atoms with E-state index in [-0.39, 0.29) is 16.7 Å². The highest BCUT2D eigenvalue weighted by Crippen LogP contribution is 2.18. The van der Waals surface area contributed by atoms with E-state index in [1.54, 1.807) is 0 Å². The molecule has 0 aromatic heterocycles. The van der Waals surface area contributed by atoms with Crippen LogP contribution < -0.4 is 10.5 Å². The highest BCUT2D eigenvalue weighted by molar-refractivity contribution is 7.89. The zero-order chi connectivity index (χ0) is 14.9. The Morgan fingerprint density at radius 2 is 1.85 bits per heavy atom. The normalized spacial score (nSPS) is 20.1. The van der Waals surface area contributed by atoms with Crippen molar-refractivity contribution in [1.82, 2.24) is 4.90 Å². The largest absolute Gasteiger partial charge is 0.374 e. The van der Waals surface area contributed by atoms with E-state index in [2.05, 4.69) is 5.32 Å². The first-order valence-corrected chi connectivity index (χ1v) is 7.53. The summed E-state index contributed by atoms with van der Waals surface area (Å²) in [5.74, 6) is -0.491. The van der Waals surface area contributed by atoms with Crippen molar-refractivity contribution in [2.75, 3.05) is 12.4 Å². The lowest BCUT2D eigenvalue weighted by atomic mass is 10.0. The van der Waals surface area contributed by atoms with Gasteiger partial charge in [0.1, 0.15) is 6.04 Å². The number of nitrogens with two attached hydrogens (primary N) is 1. The summed E-state index contributed by atoms with van der Waals surface area (Å²) >= 11 is 0. The number of likely N-dealkylation sites (N-methyl/N-ethyl adjacent to an activating group) is 1. The number of amides is 2. The molecule has 1 saturated heterocycles. The van der Waals surface area contributed by atoms with Crippen LogP contribution in [0.1, 0.15) is 12.8 Å². The molecule has 20 heavy (non-hydrogen) atoms. The van der Waals surface area contributed by atoms with Crippen LogP contribution in [0.2, 0.25) is 0 Å². The Labute approximate surface area is 116 Å². The highest BCUT2D eigenvalue weighted by atomic mass is 32.2. The molecular weight excluding hydrogens is 282 g/mol. The third kappa shape index (κ3) is 2.97. The number of anilines is 1. The molecule has 2 rings (SSSR count). The van der Waals surface area contributed by atoms with E-state index in [0.29, 0.717) is 18.5 Å². The van der Waals surface area contributed by atoms with Crippen LogP contribution in [0.3, 0.4) is 0 Å². The number of carbonyl (C=O) groups is 2. The number of nitrogens with one attached hydrogen (secondary N) is 1. The number of hydrogen-bond donors (Lipinski definition) is 2. The van der Waals surface area contributed by atoms with Crippen LogP contribution in [0, 0.1) is 0 Å². The molecule has 0 saturated carbocycles. The van der Waals surface area contributed by atoms with Crippen molar-refractivity contribution in [2.45, 2.75) is 23.8 Å². The van der Waals surface area contributed by atoms with Crippen LogP contribution in [0.4, 0.5) is 5.69 Å². The highest BCUT2D eigenvalue weighted by Gasteiger charge is 2.31. The summed E-state index contributed by atoms with van der Waals surface area (Å²) < 4.78 is 22.2. The number of piperidine rings is 1. The lowest BCUT2D eigenvalue weighted by Gasteiger charge is -2.28. The lowest BCUT2D eigenvalue weighted by Crippen LogP contribution is -2.48. The molecule has 108 valence electrons. The van der Waals surface area contributed by atoms with Gasteiger partial charge in [-0.05, 0) is 30.7 Å². The van der Waals surface area contributed by atoms with E-state index >= 15 is 0 Å². The van der Waals surface area contributed by atoms with Crippen LogP contribution in [-0.4, -0.2) is 38.2 Å². The summed E-state index contributed by atoms with van der Waals surface area (Å²) in [6.07, 6.45) is 0.716. The van der Waals surface area contributed by atoms with Gasteiger partial charge in [0.25, 0.3) is 5.91 Å². The summed E-state index contributed by atoms with van der Waals surface area (Å²) in [4.78, 5) is 24.3. The third-order valence-electron chi connectivity index (χ3n) is 3.17. The smallest absolute Gasteiger partial charge is 0.251 e. The number of nitrogens with zero attached hydrogens (tertiary/aromatic N) is 1. The lowest BCUT2D eigenvalue weighted by molar-refractivity contribution is -0.146. The van der Waals surface area contributed by atoms with Crippen LogP contribution in [0.25, 0.3) is 0 Å². The van der Waals surface area contributed by atoms with Gasteiger partial charge in [0.05, 0.1) is 4.90 Å². The predicted molar refractivity (Wildman–Crippen MR) is 72.2 cm³/mol. The summed E-state index contributed by atoms with van der Waals surface area (Å²) in [6.45, 7) is 0. The number of benzene rings is 1. The van der Waals surface area contributed by atoms with E-state index in [0.717, 1.165) is 4.90 Å². The third-order valence-corrected chi connectivity index (χ3v) is 4.10. The van der Waals surface area contributed by atoms with Gasteiger partial charge in [0.15, 0.2) is 0 Å². The van der Waals surface area contributed by atoms with Gasteiger partial charge in [-0.25, -0.2) is 13.6 Å². The van der Waals surface area contributed by atoms with E-state index in [9.17, 15) is 18.0 Å². The second-order valence-electron chi connectivity index (χ2n) is 4.60. The standard InChI is InChI=1S/C12H15N3O4S/c1-15-11(16)7-6-10(12(15)17)14-8-2-4-9(5-3-8)20(13,18)19/h2-5,10,14H,6-7H2,1H3,(H2,13,18,19). The minimum absolute atomic E-state index is 0.00492. The molecule has 1 atom stereocenters. The molecule has 2 amide bonds. The van der Waals surface area contributed by atoms with E-state index < -0.39 is 16.1 Å². The van der Waals surface area contributed by atoms with E-state index in [1.165, 1.54) is 31.3 Å². The molecule has 1 aromatic carbocycles. The molecule has 1 heterocycles. The van der Waals surface area contributed by atoms with Gasteiger partial charge < -0.3 is 5.32 Å². The Hall–Kier alpha value is -1.93. The average molecular weight is 297 g/mol. The number of hydrogen-bond acceptors (Lipinski definition) is 5. The zero-order valence-corrected chi connectivity index (χ0v) is 11.7. The average Bonchev–Trinajstić information content (AvgIpc) is 2.39. The molecule has 7 nitrogen and oxygen atoms in total. The van der Waals surface area contributed by atoms with Crippen LogP contribution >= 0.6 is 0 Å². The fourth-order valence-electron chi connectivity index (χ4n) is 1.99. The maximum atomic E-state index is 11.9. The number of carbonyl (C=O) groups excluding carboxylic acids is 2. The molecule has 0 aliphatic carbocycles. The molecular formula is C12H15N3O4S. The Morgan fingerprint density at radius 3 is 2.40 bits per heavy atom. The maximum absolute atomic E-state index is 11.9. The van der Waals surface area contributed by atoms with Gasteiger partial charge in [-0.1, -0.05) is 0 Å². The van der Waals surface area contributed by atoms with Crippen molar-refractivity contribution in [2.24, 2.45) is 5.14 Å². The van der Waals surface area contributed by atoms with Gasteiger partial charge in [0.2, 0.25) is 15.9 Å². The van der Waals surface area contributed by atoms with Crippen molar-refractivity contribution in [3.63, 3.8) is 0 Å². The van der Waals surface area contributed by atoms with Crippen molar-refractivity contribution >= 4 is 27.5 Å². The number of sulfonamides is 1. The molecule has 1 unspecified atom stereocenters. The topological polar surface area (TPSA) is 110 Å². The number of imide groups is 1. The minimum Gasteiger partial charge on any atom is -0.374 e. The van der Waals surface area contributed by atoms with Gasteiger partial charge >= 0.3 is 0 Å². The van der Waals surface area contributed by atoms with E-state index in [4.69, 9.17) is 5.14 Å². The summed E-state index contributed by atoms with van der Waals surface area (Å²) in [5.41, 5.74) is 0.596. The predicted octanol–water partition coefficient (Wildman–Crippen LogP) is -0.107. The fourth-order valence-corrected chi connectivity index (χ4v) is 2.51. The van der Waals surface area contributed by atoms with Crippen LogP contribution in [0.5, 0.6) is 0 Å². The van der Waals surface area contributed by atoms with Crippen LogP contribution in [-0.2, 0) is 19.6 Å². The Bertz CT molecular complexity index is 639. The number of primary sulfonamides is 1. The minimum atomic E-state index is -3.73. The monoisotopic (exact) mass is 297 g/mol. The fraction of sp³-hybridized carbons (Fsp3) is 0.333. The molecule has 8 heteroatoms. The first-order chi connectivity index (χ1) is 9.29. The van der Waals surface area contributed by atoms with Gasteiger partial charge in [-0.2, -0.15) is 0 Å². The van der Waals surface area contributed by atoms with Crippen molar-refractivity contribution < 1.29 is 18.0 Å². The number of likely N-dealkylation sites (tertiary alicyclic amines) is 1. The molecule has 0 bridgehead atoms. The van der Waals surface area contributed by atoms with Crippen molar-refractivity contribution in [3.05, 3.63) is 24.3 Å². The molecule has 0 radical (unpaired) electrons. The molecule has 3 N–H and O–H groups in total. The maximum Gasteiger partial charge on any atom is 0.251 e. The SMILES string of the molecule is CN1C(=O)CCC(Nc2ccc(S(N)(=O)=O)cc2)C1=O.